The predicted molar refractivity (Wildman–Crippen MR) is 70.5 cm³/mol. The molecular weight excluding hydrogens is 228 g/mol. The van der Waals surface area contributed by atoms with Gasteiger partial charge in [-0.15, -0.1) is 0 Å². The number of hydrogen-bond donors (Lipinski definition) is 1. The van der Waals surface area contributed by atoms with E-state index in [1.165, 1.54) is 0 Å². The number of nitrogens with zero attached hydrogens (tertiary/aromatic N) is 1. The summed E-state index contributed by atoms with van der Waals surface area (Å²) in [5.41, 5.74) is 0.670. The predicted octanol–water partition coefficient (Wildman–Crippen LogP) is 2.79. The van der Waals surface area contributed by atoms with Gasteiger partial charge in [0.25, 0.3) is 5.56 Å². The molecule has 0 aliphatic heterocycles. The van der Waals surface area contributed by atoms with Gasteiger partial charge >= 0.3 is 0 Å². The van der Waals surface area contributed by atoms with Crippen molar-refractivity contribution in [2.45, 2.75) is 33.6 Å². The summed E-state index contributed by atoms with van der Waals surface area (Å²) in [6.07, 6.45) is 1.62. The van der Waals surface area contributed by atoms with Crippen molar-refractivity contribution in [3.05, 3.63) is 40.0 Å². The molecule has 4 heteroatoms. The van der Waals surface area contributed by atoms with Crippen LogP contribution in [-0.4, -0.2) is 9.97 Å². The van der Waals surface area contributed by atoms with Crippen LogP contribution in [-0.2, 0) is 12.8 Å². The van der Waals surface area contributed by atoms with E-state index in [0.717, 1.165) is 24.3 Å². The van der Waals surface area contributed by atoms with Gasteiger partial charge in [0.05, 0.1) is 0 Å². The second-order valence-corrected chi connectivity index (χ2v) is 4.80. The molecule has 2 aromatic heterocycles. The first-order chi connectivity index (χ1) is 8.58. The number of aromatic amines is 1. The van der Waals surface area contributed by atoms with Gasteiger partial charge in [-0.25, -0.2) is 4.98 Å². The van der Waals surface area contributed by atoms with E-state index in [9.17, 15) is 4.79 Å². The molecule has 2 heterocycles. The van der Waals surface area contributed by atoms with E-state index in [1.54, 1.807) is 6.07 Å². The lowest BCUT2D eigenvalue weighted by atomic mass is 10.1. The van der Waals surface area contributed by atoms with Gasteiger partial charge in [0.1, 0.15) is 5.76 Å². The number of hydrogen-bond acceptors (Lipinski definition) is 3. The molecule has 0 saturated carbocycles. The highest BCUT2D eigenvalue weighted by Gasteiger charge is 2.09. The van der Waals surface area contributed by atoms with Crippen LogP contribution in [0.1, 0.15) is 32.2 Å². The van der Waals surface area contributed by atoms with E-state index in [0.29, 0.717) is 17.5 Å². The summed E-state index contributed by atoms with van der Waals surface area (Å²) in [5.74, 6) is 2.49. The zero-order valence-corrected chi connectivity index (χ0v) is 11.0. The average molecular weight is 246 g/mol. The van der Waals surface area contributed by atoms with Gasteiger partial charge in [0, 0.05) is 18.2 Å². The number of nitrogens with one attached hydrogen (secondary N) is 1. The third kappa shape index (κ3) is 2.88. The van der Waals surface area contributed by atoms with E-state index >= 15 is 0 Å². The van der Waals surface area contributed by atoms with Crippen molar-refractivity contribution >= 4 is 0 Å². The largest absolute Gasteiger partial charge is 0.458 e. The molecule has 2 aromatic rings. The molecule has 0 spiro atoms. The van der Waals surface area contributed by atoms with E-state index in [-0.39, 0.29) is 5.56 Å². The molecule has 0 bridgehead atoms. The van der Waals surface area contributed by atoms with Crippen LogP contribution in [0, 0.1) is 5.92 Å². The Balaban J connectivity index is 2.38. The van der Waals surface area contributed by atoms with Crippen LogP contribution in [0.3, 0.4) is 0 Å². The summed E-state index contributed by atoms with van der Waals surface area (Å²) >= 11 is 0. The smallest absolute Gasteiger partial charge is 0.251 e. The number of furan rings is 1. The first-order valence-corrected chi connectivity index (χ1v) is 6.27. The van der Waals surface area contributed by atoms with Gasteiger partial charge in [-0.05, 0) is 24.5 Å². The van der Waals surface area contributed by atoms with E-state index in [4.69, 9.17) is 4.42 Å². The molecule has 0 aliphatic carbocycles. The lowest BCUT2D eigenvalue weighted by molar-refractivity contribution is 0.524. The molecule has 96 valence electrons. The van der Waals surface area contributed by atoms with Gasteiger partial charge < -0.3 is 9.40 Å². The normalized spacial score (nSPS) is 11.1. The summed E-state index contributed by atoms with van der Waals surface area (Å²) in [6.45, 7) is 6.23. The van der Waals surface area contributed by atoms with Crippen LogP contribution in [0.15, 0.2) is 27.4 Å². The average Bonchev–Trinajstić information content (AvgIpc) is 2.75. The highest BCUT2D eigenvalue weighted by Crippen LogP contribution is 2.18. The summed E-state index contributed by atoms with van der Waals surface area (Å²) in [6, 6.07) is 5.30. The number of rotatable bonds is 4. The summed E-state index contributed by atoms with van der Waals surface area (Å²) in [7, 11) is 0. The number of aryl methyl sites for hydroxylation is 1. The van der Waals surface area contributed by atoms with Crippen LogP contribution in [0.4, 0.5) is 0 Å². The van der Waals surface area contributed by atoms with Gasteiger partial charge in [0.2, 0.25) is 0 Å². The van der Waals surface area contributed by atoms with E-state index in [2.05, 4.69) is 23.8 Å². The van der Waals surface area contributed by atoms with Crippen molar-refractivity contribution in [3.63, 3.8) is 0 Å². The Morgan fingerprint density at radius 1 is 1.39 bits per heavy atom. The monoisotopic (exact) mass is 246 g/mol. The Labute approximate surface area is 106 Å². The molecule has 0 unspecified atom stereocenters. The minimum atomic E-state index is -0.134. The molecule has 1 N–H and O–H groups in total. The fourth-order valence-corrected chi connectivity index (χ4v) is 1.84. The van der Waals surface area contributed by atoms with Gasteiger partial charge in [-0.2, -0.15) is 0 Å². The number of aromatic nitrogens is 2. The van der Waals surface area contributed by atoms with Crippen LogP contribution < -0.4 is 5.56 Å². The first-order valence-electron chi connectivity index (χ1n) is 6.27. The van der Waals surface area contributed by atoms with Crippen molar-refractivity contribution in [2.24, 2.45) is 5.92 Å². The number of H-pyrrole nitrogens is 1. The standard InChI is InChI=1S/C14H18N2O2/c1-4-11-5-6-12(18-11)14-15-10(7-9(2)3)8-13(17)16-14/h5-6,8-9H,4,7H2,1-3H3,(H,15,16,17). The Kier molecular flexibility index (Phi) is 3.65. The molecule has 0 atom stereocenters. The topological polar surface area (TPSA) is 58.9 Å². The second kappa shape index (κ2) is 5.21. The van der Waals surface area contributed by atoms with Gasteiger partial charge in [-0.3, -0.25) is 4.79 Å². The molecule has 0 aromatic carbocycles. The molecule has 0 amide bonds. The summed E-state index contributed by atoms with van der Waals surface area (Å²) in [5, 5.41) is 0. The van der Waals surface area contributed by atoms with Crippen LogP contribution in [0.25, 0.3) is 11.6 Å². The molecular formula is C14H18N2O2. The zero-order chi connectivity index (χ0) is 13.1. The Bertz CT molecular complexity index is 581. The van der Waals surface area contributed by atoms with E-state index in [1.807, 2.05) is 19.1 Å². The molecule has 0 radical (unpaired) electrons. The van der Waals surface area contributed by atoms with Crippen molar-refractivity contribution in [2.75, 3.05) is 0 Å². The van der Waals surface area contributed by atoms with Crippen molar-refractivity contribution in [1.29, 1.82) is 0 Å². The summed E-state index contributed by atoms with van der Waals surface area (Å²) < 4.78 is 5.60. The SMILES string of the molecule is CCc1ccc(-c2nc(CC(C)C)cc(=O)[nH]2)o1. The fourth-order valence-electron chi connectivity index (χ4n) is 1.84. The minimum absolute atomic E-state index is 0.134. The van der Waals surface area contributed by atoms with E-state index < -0.39 is 0 Å². The molecule has 0 fully saturated rings. The quantitative estimate of drug-likeness (QED) is 0.902. The van der Waals surface area contributed by atoms with Crippen molar-refractivity contribution in [3.8, 4) is 11.6 Å². The third-order valence-corrected chi connectivity index (χ3v) is 2.66. The van der Waals surface area contributed by atoms with Crippen LogP contribution in [0.5, 0.6) is 0 Å². The Morgan fingerprint density at radius 3 is 2.78 bits per heavy atom. The molecule has 18 heavy (non-hydrogen) atoms. The molecule has 4 nitrogen and oxygen atoms in total. The molecule has 2 rings (SSSR count). The highest BCUT2D eigenvalue weighted by molar-refractivity contribution is 5.46. The third-order valence-electron chi connectivity index (χ3n) is 2.66. The fraction of sp³-hybridized carbons (Fsp3) is 0.429. The lowest BCUT2D eigenvalue weighted by Gasteiger charge is -2.04. The van der Waals surface area contributed by atoms with Gasteiger partial charge in [0.15, 0.2) is 11.6 Å². The Morgan fingerprint density at radius 2 is 2.17 bits per heavy atom. The molecule has 0 aliphatic rings. The minimum Gasteiger partial charge on any atom is -0.458 e. The maximum absolute atomic E-state index is 11.6. The second-order valence-electron chi connectivity index (χ2n) is 4.80. The van der Waals surface area contributed by atoms with Crippen molar-refractivity contribution < 1.29 is 4.42 Å². The summed E-state index contributed by atoms with van der Waals surface area (Å²) in [4.78, 5) is 18.8. The van der Waals surface area contributed by atoms with Crippen LogP contribution in [0.2, 0.25) is 0 Å². The molecule has 0 saturated heterocycles. The highest BCUT2D eigenvalue weighted by atomic mass is 16.3. The maximum Gasteiger partial charge on any atom is 0.251 e. The maximum atomic E-state index is 11.6. The van der Waals surface area contributed by atoms with Gasteiger partial charge in [-0.1, -0.05) is 20.8 Å². The van der Waals surface area contributed by atoms with Crippen molar-refractivity contribution in [1.82, 2.24) is 9.97 Å². The van der Waals surface area contributed by atoms with Crippen LogP contribution >= 0.6 is 0 Å². The lowest BCUT2D eigenvalue weighted by Crippen LogP contribution is -2.11. The zero-order valence-electron chi connectivity index (χ0n) is 11.0. The Hall–Kier alpha value is -1.84. The first kappa shape index (κ1) is 12.6.